The van der Waals surface area contributed by atoms with Crippen molar-refractivity contribution < 1.29 is 4.39 Å². The van der Waals surface area contributed by atoms with Crippen molar-refractivity contribution in [3.63, 3.8) is 0 Å². The molecule has 0 aliphatic carbocycles. The van der Waals surface area contributed by atoms with Crippen molar-refractivity contribution in [2.24, 2.45) is 0 Å². The first-order valence-electron chi connectivity index (χ1n) is 5.61. The van der Waals surface area contributed by atoms with Crippen LogP contribution in [0.2, 0.25) is 5.02 Å². The first kappa shape index (κ1) is 14.8. The van der Waals surface area contributed by atoms with Gasteiger partial charge in [-0.15, -0.1) is 0 Å². The number of hydrogen-bond acceptors (Lipinski definition) is 1. The minimum Gasteiger partial charge on any atom is -0.381 e. The second-order valence-corrected chi connectivity index (χ2v) is 6.35. The van der Waals surface area contributed by atoms with Gasteiger partial charge in [-0.3, -0.25) is 0 Å². The maximum atomic E-state index is 13.5. The van der Waals surface area contributed by atoms with E-state index in [9.17, 15) is 4.39 Å². The summed E-state index contributed by atoms with van der Waals surface area (Å²) in [6, 6.07) is 8.89. The molecule has 1 nitrogen and oxygen atoms in total. The number of aryl methyl sites for hydroxylation is 1. The van der Waals surface area contributed by atoms with Gasteiger partial charge >= 0.3 is 0 Å². The fourth-order valence-electron chi connectivity index (χ4n) is 1.71. The SMILES string of the molecule is Cc1cc(Br)c(F)cc1NCc1cc(Br)ccc1Cl. The predicted octanol–water partition coefficient (Wildman–Crippen LogP) is 5.92. The Kier molecular flexibility index (Phi) is 4.87. The highest BCUT2D eigenvalue weighted by Gasteiger charge is 2.06. The van der Waals surface area contributed by atoms with Crippen molar-refractivity contribution >= 4 is 49.1 Å². The standard InChI is InChI=1S/C14H11Br2ClFN/c1-8-4-11(16)13(18)6-14(8)19-7-9-5-10(15)2-3-12(9)17/h2-6,19H,7H2,1H3. The molecule has 0 saturated carbocycles. The normalized spacial score (nSPS) is 10.6. The second-order valence-electron chi connectivity index (χ2n) is 4.17. The first-order valence-corrected chi connectivity index (χ1v) is 7.57. The summed E-state index contributed by atoms with van der Waals surface area (Å²) in [5.74, 6) is -0.284. The molecule has 5 heteroatoms. The van der Waals surface area contributed by atoms with Gasteiger partial charge in [-0.05, 0) is 64.3 Å². The van der Waals surface area contributed by atoms with Gasteiger partial charge in [0.2, 0.25) is 0 Å². The molecular formula is C14H11Br2ClFN. The quantitative estimate of drug-likeness (QED) is 0.665. The molecule has 2 rings (SSSR count). The minimum atomic E-state index is -0.284. The summed E-state index contributed by atoms with van der Waals surface area (Å²) in [5.41, 5.74) is 2.69. The van der Waals surface area contributed by atoms with Crippen LogP contribution < -0.4 is 5.32 Å². The molecule has 0 fully saturated rings. The van der Waals surface area contributed by atoms with Crippen LogP contribution in [0.1, 0.15) is 11.1 Å². The highest BCUT2D eigenvalue weighted by atomic mass is 79.9. The number of halogens is 4. The number of hydrogen-bond donors (Lipinski definition) is 1. The molecule has 0 radical (unpaired) electrons. The van der Waals surface area contributed by atoms with Crippen molar-refractivity contribution in [1.29, 1.82) is 0 Å². The lowest BCUT2D eigenvalue weighted by molar-refractivity contribution is 0.621. The van der Waals surface area contributed by atoms with Crippen LogP contribution in [0.15, 0.2) is 39.3 Å². The van der Waals surface area contributed by atoms with Crippen LogP contribution in [0.3, 0.4) is 0 Å². The molecule has 0 unspecified atom stereocenters. The number of benzene rings is 2. The van der Waals surface area contributed by atoms with Crippen LogP contribution >= 0.6 is 43.5 Å². The van der Waals surface area contributed by atoms with Crippen LogP contribution in [-0.4, -0.2) is 0 Å². The van der Waals surface area contributed by atoms with Gasteiger partial charge in [0.05, 0.1) is 4.47 Å². The molecule has 2 aromatic carbocycles. The molecule has 1 N–H and O–H groups in total. The lowest BCUT2D eigenvalue weighted by Crippen LogP contribution is -2.02. The minimum absolute atomic E-state index is 0.284. The topological polar surface area (TPSA) is 12.0 Å². The van der Waals surface area contributed by atoms with Crippen LogP contribution in [0.5, 0.6) is 0 Å². The molecule has 100 valence electrons. The van der Waals surface area contributed by atoms with Gasteiger partial charge in [-0.1, -0.05) is 27.5 Å². The number of nitrogens with one attached hydrogen (secondary N) is 1. The highest BCUT2D eigenvalue weighted by molar-refractivity contribution is 9.10. The largest absolute Gasteiger partial charge is 0.381 e. The zero-order valence-corrected chi connectivity index (χ0v) is 14.0. The van der Waals surface area contributed by atoms with E-state index in [-0.39, 0.29) is 5.82 Å². The predicted molar refractivity (Wildman–Crippen MR) is 85.3 cm³/mol. The van der Waals surface area contributed by atoms with Crippen LogP contribution in [-0.2, 0) is 6.54 Å². The first-order chi connectivity index (χ1) is 8.97. The van der Waals surface area contributed by atoms with Gasteiger partial charge in [-0.25, -0.2) is 4.39 Å². The van der Waals surface area contributed by atoms with E-state index in [4.69, 9.17) is 11.6 Å². The fourth-order valence-corrected chi connectivity index (χ4v) is 2.76. The van der Waals surface area contributed by atoms with Crippen molar-refractivity contribution in [1.82, 2.24) is 0 Å². The summed E-state index contributed by atoms with van der Waals surface area (Å²) in [6.45, 7) is 2.47. The summed E-state index contributed by atoms with van der Waals surface area (Å²) in [6.07, 6.45) is 0. The lowest BCUT2D eigenvalue weighted by atomic mass is 10.1. The number of anilines is 1. The fraction of sp³-hybridized carbons (Fsp3) is 0.143. The van der Waals surface area contributed by atoms with E-state index in [1.807, 2.05) is 25.1 Å². The third-order valence-corrected chi connectivity index (χ3v) is 4.21. The Hall–Kier alpha value is -0.580. The van der Waals surface area contributed by atoms with E-state index in [1.165, 1.54) is 6.07 Å². The molecule has 0 saturated heterocycles. The Morgan fingerprint density at radius 1 is 1.21 bits per heavy atom. The Morgan fingerprint density at radius 2 is 1.95 bits per heavy atom. The molecule has 2 aromatic rings. The zero-order chi connectivity index (χ0) is 14.0. The van der Waals surface area contributed by atoms with Gasteiger partial charge in [0, 0.05) is 21.7 Å². The van der Waals surface area contributed by atoms with Crippen LogP contribution in [0.25, 0.3) is 0 Å². The molecule has 0 heterocycles. The Morgan fingerprint density at radius 3 is 2.68 bits per heavy atom. The van der Waals surface area contributed by atoms with Gasteiger partial charge < -0.3 is 5.32 Å². The molecule has 0 aromatic heterocycles. The molecule has 0 spiro atoms. The van der Waals surface area contributed by atoms with E-state index in [1.54, 1.807) is 6.07 Å². The molecule has 0 atom stereocenters. The summed E-state index contributed by atoms with van der Waals surface area (Å²) in [5, 5.41) is 3.89. The monoisotopic (exact) mass is 405 g/mol. The Labute approximate surface area is 133 Å². The van der Waals surface area contributed by atoms with Crippen LogP contribution in [0, 0.1) is 12.7 Å². The highest BCUT2D eigenvalue weighted by Crippen LogP contribution is 2.26. The van der Waals surface area contributed by atoms with Crippen molar-refractivity contribution in [2.45, 2.75) is 13.5 Å². The molecule has 0 bridgehead atoms. The van der Waals surface area contributed by atoms with E-state index >= 15 is 0 Å². The van der Waals surface area contributed by atoms with E-state index < -0.39 is 0 Å². The van der Waals surface area contributed by atoms with Crippen molar-refractivity contribution in [3.05, 3.63) is 61.2 Å². The zero-order valence-electron chi connectivity index (χ0n) is 10.1. The average Bonchev–Trinajstić information content (AvgIpc) is 2.36. The molecule has 0 amide bonds. The second kappa shape index (κ2) is 6.25. The number of rotatable bonds is 3. The Bertz CT molecular complexity index is 617. The maximum absolute atomic E-state index is 13.5. The average molecular weight is 408 g/mol. The third kappa shape index (κ3) is 3.71. The lowest BCUT2D eigenvalue weighted by Gasteiger charge is -2.12. The van der Waals surface area contributed by atoms with Gasteiger partial charge in [0.15, 0.2) is 0 Å². The summed E-state index contributed by atoms with van der Waals surface area (Å²) in [7, 11) is 0. The molecular weight excluding hydrogens is 396 g/mol. The van der Waals surface area contributed by atoms with E-state index in [0.29, 0.717) is 16.0 Å². The van der Waals surface area contributed by atoms with Crippen LogP contribution in [0.4, 0.5) is 10.1 Å². The summed E-state index contributed by atoms with van der Waals surface area (Å²) < 4.78 is 14.9. The van der Waals surface area contributed by atoms with Gasteiger partial charge in [0.25, 0.3) is 0 Å². The maximum Gasteiger partial charge on any atom is 0.139 e. The van der Waals surface area contributed by atoms with Crippen molar-refractivity contribution in [2.75, 3.05) is 5.32 Å². The van der Waals surface area contributed by atoms with Gasteiger partial charge in [0.1, 0.15) is 5.82 Å². The smallest absolute Gasteiger partial charge is 0.139 e. The molecule has 0 aliphatic heterocycles. The Balaban J connectivity index is 2.19. The van der Waals surface area contributed by atoms with E-state index in [2.05, 4.69) is 37.2 Å². The summed E-state index contributed by atoms with van der Waals surface area (Å²) >= 11 is 12.7. The van der Waals surface area contributed by atoms with Crippen molar-refractivity contribution in [3.8, 4) is 0 Å². The van der Waals surface area contributed by atoms with E-state index in [0.717, 1.165) is 21.3 Å². The molecule has 19 heavy (non-hydrogen) atoms. The molecule has 0 aliphatic rings. The summed E-state index contributed by atoms with van der Waals surface area (Å²) in [4.78, 5) is 0. The third-order valence-electron chi connectivity index (χ3n) is 2.74. The van der Waals surface area contributed by atoms with Gasteiger partial charge in [-0.2, -0.15) is 0 Å².